The Bertz CT molecular complexity index is 1030. The van der Waals surface area contributed by atoms with Crippen molar-refractivity contribution in [2.75, 3.05) is 43.4 Å². The van der Waals surface area contributed by atoms with Crippen molar-refractivity contribution < 1.29 is 8.78 Å². The van der Waals surface area contributed by atoms with Crippen LogP contribution in [0.4, 0.5) is 25.8 Å². The fraction of sp³-hybridized carbons (Fsp3) is 0.318. The zero-order chi connectivity index (χ0) is 19.8. The molecule has 2 heterocycles. The number of pyridine rings is 1. The van der Waals surface area contributed by atoms with Crippen molar-refractivity contribution in [3.05, 3.63) is 59.3 Å². The topological polar surface area (TPSA) is 31.4 Å². The predicted molar refractivity (Wildman–Crippen MR) is 111 cm³/mol. The van der Waals surface area contributed by atoms with E-state index in [9.17, 15) is 8.78 Å². The molecule has 1 fully saturated rings. The van der Waals surface area contributed by atoms with Gasteiger partial charge < -0.3 is 15.1 Å². The molecule has 0 aliphatic carbocycles. The molecule has 4 nitrogen and oxygen atoms in total. The van der Waals surface area contributed by atoms with Crippen LogP contribution in [0.2, 0.25) is 0 Å². The van der Waals surface area contributed by atoms with Crippen LogP contribution in [0, 0.1) is 25.5 Å². The summed E-state index contributed by atoms with van der Waals surface area (Å²) in [5.41, 5.74) is 5.16. The first-order valence-electron chi connectivity index (χ1n) is 9.48. The molecular weight excluding hydrogens is 358 g/mol. The monoisotopic (exact) mass is 382 g/mol. The Morgan fingerprint density at radius 1 is 0.964 bits per heavy atom. The number of rotatable bonds is 3. The molecule has 146 valence electrons. The second-order valence-corrected chi connectivity index (χ2v) is 7.51. The lowest BCUT2D eigenvalue weighted by atomic mass is 10.0. The van der Waals surface area contributed by atoms with Gasteiger partial charge in [-0.1, -0.05) is 0 Å². The number of aromatic nitrogens is 1. The summed E-state index contributed by atoms with van der Waals surface area (Å²) in [6.07, 6.45) is 1.78. The maximum absolute atomic E-state index is 14.2. The van der Waals surface area contributed by atoms with Gasteiger partial charge in [0.25, 0.3) is 0 Å². The van der Waals surface area contributed by atoms with Crippen LogP contribution < -0.4 is 10.2 Å². The summed E-state index contributed by atoms with van der Waals surface area (Å²) in [5, 5.41) is 4.09. The maximum Gasteiger partial charge on any atom is 0.149 e. The van der Waals surface area contributed by atoms with Crippen molar-refractivity contribution in [2.24, 2.45) is 0 Å². The van der Waals surface area contributed by atoms with Crippen LogP contribution >= 0.6 is 0 Å². The van der Waals surface area contributed by atoms with E-state index in [1.54, 1.807) is 6.20 Å². The van der Waals surface area contributed by atoms with Crippen LogP contribution in [0.1, 0.15) is 11.1 Å². The lowest BCUT2D eigenvalue weighted by Crippen LogP contribution is -2.44. The zero-order valence-corrected chi connectivity index (χ0v) is 16.4. The number of piperazine rings is 1. The van der Waals surface area contributed by atoms with Crippen LogP contribution in [0.3, 0.4) is 0 Å². The first kappa shape index (κ1) is 18.6. The molecule has 1 aliphatic heterocycles. The van der Waals surface area contributed by atoms with Crippen LogP contribution in [0.5, 0.6) is 0 Å². The highest BCUT2D eigenvalue weighted by Crippen LogP contribution is 2.34. The van der Waals surface area contributed by atoms with E-state index in [0.29, 0.717) is 0 Å². The minimum atomic E-state index is -0.615. The third-order valence-corrected chi connectivity index (χ3v) is 5.41. The molecule has 0 radical (unpaired) electrons. The maximum atomic E-state index is 14.2. The Hall–Kier alpha value is -2.73. The first-order valence-corrected chi connectivity index (χ1v) is 9.48. The molecule has 0 amide bonds. The molecule has 2 aromatic carbocycles. The number of hydrogen-bond donors (Lipinski definition) is 1. The molecule has 4 rings (SSSR count). The molecule has 1 saturated heterocycles. The highest BCUT2D eigenvalue weighted by molar-refractivity contribution is 5.97. The summed E-state index contributed by atoms with van der Waals surface area (Å²) >= 11 is 0. The van der Waals surface area contributed by atoms with Gasteiger partial charge in [-0.25, -0.2) is 8.78 Å². The van der Waals surface area contributed by atoms with Crippen molar-refractivity contribution in [3.63, 3.8) is 0 Å². The Labute approximate surface area is 163 Å². The van der Waals surface area contributed by atoms with Crippen LogP contribution in [-0.4, -0.2) is 43.1 Å². The molecule has 0 spiro atoms. The van der Waals surface area contributed by atoms with Gasteiger partial charge in [0.15, 0.2) is 0 Å². The fourth-order valence-corrected chi connectivity index (χ4v) is 3.71. The molecule has 0 bridgehead atoms. The van der Waals surface area contributed by atoms with Gasteiger partial charge in [0.1, 0.15) is 11.6 Å². The number of halogens is 2. The average Bonchev–Trinajstić information content (AvgIpc) is 2.66. The van der Waals surface area contributed by atoms with E-state index in [4.69, 9.17) is 0 Å². The highest BCUT2D eigenvalue weighted by Gasteiger charge is 2.18. The van der Waals surface area contributed by atoms with E-state index >= 15 is 0 Å². The number of benzene rings is 2. The van der Waals surface area contributed by atoms with Crippen molar-refractivity contribution >= 4 is 28.0 Å². The normalized spacial score (nSPS) is 15.2. The van der Waals surface area contributed by atoms with Crippen molar-refractivity contribution in [1.82, 2.24) is 9.88 Å². The third kappa shape index (κ3) is 3.52. The molecule has 0 atom stereocenters. The van der Waals surface area contributed by atoms with E-state index in [2.05, 4.69) is 46.2 Å². The number of nitrogens with one attached hydrogen (secondary N) is 1. The van der Waals surface area contributed by atoms with Gasteiger partial charge in [0.2, 0.25) is 0 Å². The summed E-state index contributed by atoms with van der Waals surface area (Å²) in [7, 11) is 2.14. The minimum Gasteiger partial charge on any atom is -0.369 e. The van der Waals surface area contributed by atoms with E-state index in [-0.39, 0.29) is 5.69 Å². The van der Waals surface area contributed by atoms with Gasteiger partial charge in [-0.05, 0) is 56.3 Å². The Morgan fingerprint density at radius 3 is 2.43 bits per heavy atom. The zero-order valence-electron chi connectivity index (χ0n) is 16.4. The molecular formula is C22H24F2N4. The van der Waals surface area contributed by atoms with E-state index < -0.39 is 11.6 Å². The number of hydrogen-bond acceptors (Lipinski definition) is 4. The number of fused-ring (bicyclic) bond motifs is 1. The van der Waals surface area contributed by atoms with Crippen LogP contribution in [-0.2, 0) is 0 Å². The lowest BCUT2D eigenvalue weighted by molar-refractivity contribution is 0.313. The summed E-state index contributed by atoms with van der Waals surface area (Å²) in [5.74, 6) is -1.21. The molecule has 1 aliphatic rings. The van der Waals surface area contributed by atoms with Gasteiger partial charge in [0.05, 0.1) is 16.9 Å². The lowest BCUT2D eigenvalue weighted by Gasteiger charge is -2.35. The Balaban J connectivity index is 1.79. The SMILES string of the molecule is Cc1cc2ncc(C)c(Nc3ccc(F)cc3F)c2cc1N1CCN(C)CC1. The first-order chi connectivity index (χ1) is 13.4. The number of likely N-dealkylation sites (N-methyl/N-ethyl adjacent to an activating group) is 1. The van der Waals surface area contributed by atoms with Crippen molar-refractivity contribution in [2.45, 2.75) is 13.8 Å². The standard InChI is InChI=1S/C22H24F2N4/c1-14-10-20-17(12-21(14)28-8-6-27(3)7-9-28)22(15(2)13-25-20)26-19-5-4-16(23)11-18(19)24/h4-5,10-13H,6-9H2,1-3H3,(H,25,26). The molecule has 1 N–H and O–H groups in total. The van der Waals surface area contributed by atoms with E-state index in [1.807, 2.05) is 6.92 Å². The summed E-state index contributed by atoms with van der Waals surface area (Å²) in [4.78, 5) is 9.27. The second kappa shape index (κ2) is 7.36. The predicted octanol–water partition coefficient (Wildman–Crippen LogP) is 4.63. The van der Waals surface area contributed by atoms with Gasteiger partial charge in [-0.3, -0.25) is 4.98 Å². The highest BCUT2D eigenvalue weighted by atomic mass is 19.1. The van der Waals surface area contributed by atoms with E-state index in [1.165, 1.54) is 23.4 Å². The largest absolute Gasteiger partial charge is 0.369 e. The third-order valence-electron chi connectivity index (χ3n) is 5.41. The number of nitrogens with zero attached hydrogens (tertiary/aromatic N) is 3. The summed E-state index contributed by atoms with van der Waals surface area (Å²) in [6, 6.07) is 7.78. The molecule has 6 heteroatoms. The summed E-state index contributed by atoms with van der Waals surface area (Å²) < 4.78 is 27.5. The quantitative estimate of drug-likeness (QED) is 0.716. The molecule has 1 aromatic heterocycles. The fourth-order valence-electron chi connectivity index (χ4n) is 3.71. The van der Waals surface area contributed by atoms with Crippen molar-refractivity contribution in [1.29, 1.82) is 0 Å². The van der Waals surface area contributed by atoms with Gasteiger partial charge in [0, 0.05) is 49.5 Å². The second-order valence-electron chi connectivity index (χ2n) is 7.51. The smallest absolute Gasteiger partial charge is 0.149 e. The molecule has 3 aromatic rings. The van der Waals surface area contributed by atoms with Crippen LogP contribution in [0.15, 0.2) is 36.5 Å². The minimum absolute atomic E-state index is 0.249. The van der Waals surface area contributed by atoms with Gasteiger partial charge >= 0.3 is 0 Å². The van der Waals surface area contributed by atoms with Gasteiger partial charge in [-0.2, -0.15) is 0 Å². The van der Waals surface area contributed by atoms with E-state index in [0.717, 1.165) is 54.4 Å². The molecule has 0 saturated carbocycles. The Morgan fingerprint density at radius 2 is 1.71 bits per heavy atom. The number of aryl methyl sites for hydroxylation is 2. The van der Waals surface area contributed by atoms with Crippen molar-refractivity contribution in [3.8, 4) is 0 Å². The average molecular weight is 382 g/mol. The Kier molecular flexibility index (Phi) is 4.89. The molecule has 0 unspecified atom stereocenters. The summed E-state index contributed by atoms with van der Waals surface area (Å²) in [6.45, 7) is 8.02. The number of anilines is 3. The van der Waals surface area contributed by atoms with Crippen LogP contribution in [0.25, 0.3) is 10.9 Å². The van der Waals surface area contributed by atoms with Gasteiger partial charge in [-0.15, -0.1) is 0 Å². The molecule has 28 heavy (non-hydrogen) atoms.